The Morgan fingerprint density at radius 1 is 1.39 bits per heavy atom. The molecule has 18 heavy (non-hydrogen) atoms. The van der Waals surface area contributed by atoms with Crippen molar-refractivity contribution in [1.82, 2.24) is 19.7 Å². The normalized spacial score (nSPS) is 10.3. The fraction of sp³-hybridized carbons (Fsp3) is 0.273. The lowest BCUT2D eigenvalue weighted by atomic mass is 10.4. The van der Waals surface area contributed by atoms with E-state index in [2.05, 4.69) is 15.1 Å². The highest BCUT2D eigenvalue weighted by Gasteiger charge is 2.11. The minimum atomic E-state index is -0.435. The molecule has 0 radical (unpaired) electrons. The molecule has 2 aromatic heterocycles. The average molecular weight is 248 g/mol. The third kappa shape index (κ3) is 2.51. The molecule has 7 nitrogen and oxygen atoms in total. The molecule has 0 saturated heterocycles. The zero-order valence-corrected chi connectivity index (χ0v) is 9.78. The van der Waals surface area contributed by atoms with E-state index < -0.39 is 5.97 Å². The lowest BCUT2D eigenvalue weighted by Gasteiger charge is -1.99. The number of ether oxygens (including phenoxy) is 1. The van der Waals surface area contributed by atoms with Gasteiger partial charge < -0.3 is 9.84 Å². The molecule has 0 saturated carbocycles. The van der Waals surface area contributed by atoms with Gasteiger partial charge in [0.1, 0.15) is 0 Å². The molecule has 2 heterocycles. The summed E-state index contributed by atoms with van der Waals surface area (Å²) in [7, 11) is 0. The monoisotopic (exact) mass is 248 g/mol. The number of aromatic nitrogens is 4. The molecule has 0 bridgehead atoms. The van der Waals surface area contributed by atoms with E-state index in [4.69, 9.17) is 9.84 Å². The maximum absolute atomic E-state index is 11.4. The fourth-order valence-electron chi connectivity index (χ4n) is 1.30. The topological polar surface area (TPSA) is 90.1 Å². The van der Waals surface area contributed by atoms with Crippen LogP contribution in [0.25, 0.3) is 5.95 Å². The highest BCUT2D eigenvalue weighted by molar-refractivity contribution is 5.88. The van der Waals surface area contributed by atoms with Crippen molar-refractivity contribution in [3.8, 4) is 5.95 Å². The van der Waals surface area contributed by atoms with Gasteiger partial charge >= 0.3 is 5.97 Å². The molecule has 2 aromatic rings. The number of aliphatic hydroxyl groups excluding tert-OH is 1. The van der Waals surface area contributed by atoms with E-state index in [9.17, 15) is 4.79 Å². The lowest BCUT2D eigenvalue weighted by Crippen LogP contribution is -2.04. The zero-order chi connectivity index (χ0) is 13.0. The Morgan fingerprint density at radius 2 is 2.11 bits per heavy atom. The van der Waals surface area contributed by atoms with E-state index >= 15 is 0 Å². The quantitative estimate of drug-likeness (QED) is 0.784. The first-order chi connectivity index (χ1) is 8.74. The van der Waals surface area contributed by atoms with Gasteiger partial charge in [-0.05, 0) is 6.92 Å². The van der Waals surface area contributed by atoms with Crippen molar-refractivity contribution >= 4 is 5.97 Å². The number of hydrogen-bond donors (Lipinski definition) is 1. The SMILES string of the molecule is CCOC(=O)c1cnn(-c2ncc(CO)cn2)c1. The lowest BCUT2D eigenvalue weighted by molar-refractivity contribution is 0.0526. The Morgan fingerprint density at radius 3 is 2.72 bits per heavy atom. The van der Waals surface area contributed by atoms with E-state index in [0.717, 1.165) is 0 Å². The van der Waals surface area contributed by atoms with Crippen LogP contribution < -0.4 is 0 Å². The largest absolute Gasteiger partial charge is 0.462 e. The summed E-state index contributed by atoms with van der Waals surface area (Å²) in [6, 6.07) is 0. The third-order valence-corrected chi connectivity index (χ3v) is 2.17. The molecule has 2 rings (SSSR count). The maximum Gasteiger partial charge on any atom is 0.341 e. The van der Waals surface area contributed by atoms with Crippen molar-refractivity contribution in [2.24, 2.45) is 0 Å². The Hall–Kier alpha value is -2.28. The molecule has 0 aliphatic heterocycles. The van der Waals surface area contributed by atoms with Crippen LogP contribution in [0.3, 0.4) is 0 Å². The Kier molecular flexibility index (Phi) is 3.63. The van der Waals surface area contributed by atoms with Crippen LogP contribution in [0.4, 0.5) is 0 Å². The number of nitrogens with zero attached hydrogens (tertiary/aromatic N) is 4. The van der Waals surface area contributed by atoms with Gasteiger partial charge in [0, 0.05) is 24.2 Å². The standard InChI is InChI=1S/C11H12N4O3/c1-2-18-10(17)9-5-14-15(6-9)11-12-3-8(7-16)4-13-11/h3-6,16H,2,7H2,1H3. The van der Waals surface area contributed by atoms with Crippen LogP contribution in [-0.4, -0.2) is 37.4 Å². The minimum absolute atomic E-state index is 0.118. The summed E-state index contributed by atoms with van der Waals surface area (Å²) in [4.78, 5) is 19.5. The highest BCUT2D eigenvalue weighted by atomic mass is 16.5. The van der Waals surface area contributed by atoms with Crippen molar-refractivity contribution < 1.29 is 14.6 Å². The van der Waals surface area contributed by atoms with Gasteiger partial charge in [0.25, 0.3) is 0 Å². The maximum atomic E-state index is 11.4. The molecule has 0 aliphatic rings. The van der Waals surface area contributed by atoms with E-state index in [1.165, 1.54) is 29.5 Å². The van der Waals surface area contributed by atoms with Crippen LogP contribution in [0.1, 0.15) is 22.8 Å². The van der Waals surface area contributed by atoms with E-state index in [0.29, 0.717) is 23.7 Å². The summed E-state index contributed by atoms with van der Waals surface area (Å²) >= 11 is 0. The highest BCUT2D eigenvalue weighted by Crippen LogP contribution is 2.05. The van der Waals surface area contributed by atoms with E-state index in [-0.39, 0.29) is 6.61 Å². The van der Waals surface area contributed by atoms with Crippen molar-refractivity contribution in [2.45, 2.75) is 13.5 Å². The molecule has 1 N–H and O–H groups in total. The second-order valence-corrected chi connectivity index (χ2v) is 3.44. The number of aliphatic hydroxyl groups is 1. The van der Waals surface area contributed by atoms with Gasteiger partial charge in [-0.2, -0.15) is 5.10 Å². The molecule has 7 heteroatoms. The van der Waals surface area contributed by atoms with Crippen LogP contribution in [0.15, 0.2) is 24.8 Å². The Bertz CT molecular complexity index is 535. The fourth-order valence-corrected chi connectivity index (χ4v) is 1.30. The van der Waals surface area contributed by atoms with Gasteiger partial charge in [0.2, 0.25) is 5.95 Å². The smallest absolute Gasteiger partial charge is 0.341 e. The van der Waals surface area contributed by atoms with Crippen molar-refractivity contribution in [3.05, 3.63) is 35.9 Å². The number of esters is 1. The number of rotatable bonds is 4. The van der Waals surface area contributed by atoms with Gasteiger partial charge in [-0.25, -0.2) is 19.4 Å². The van der Waals surface area contributed by atoms with Crippen LogP contribution in [0, 0.1) is 0 Å². The van der Waals surface area contributed by atoms with Crippen LogP contribution in [0.5, 0.6) is 0 Å². The predicted molar refractivity (Wildman–Crippen MR) is 61.0 cm³/mol. The molecule has 0 atom stereocenters. The predicted octanol–water partition coefficient (Wildman–Crippen LogP) is 0.331. The van der Waals surface area contributed by atoms with Crippen molar-refractivity contribution in [3.63, 3.8) is 0 Å². The van der Waals surface area contributed by atoms with Crippen LogP contribution in [0.2, 0.25) is 0 Å². The van der Waals surface area contributed by atoms with Gasteiger partial charge in [-0.1, -0.05) is 0 Å². The first kappa shape index (κ1) is 12.2. The minimum Gasteiger partial charge on any atom is -0.462 e. The molecular formula is C11H12N4O3. The Balaban J connectivity index is 2.20. The first-order valence-corrected chi connectivity index (χ1v) is 5.38. The van der Waals surface area contributed by atoms with Crippen molar-refractivity contribution in [2.75, 3.05) is 6.61 Å². The molecule has 0 spiro atoms. The second-order valence-electron chi connectivity index (χ2n) is 3.44. The Labute approximate surface area is 103 Å². The van der Waals surface area contributed by atoms with Crippen molar-refractivity contribution in [1.29, 1.82) is 0 Å². The summed E-state index contributed by atoms with van der Waals surface area (Å²) in [6.07, 6.45) is 5.87. The number of carbonyl (C=O) groups is 1. The van der Waals surface area contributed by atoms with E-state index in [1.807, 2.05) is 0 Å². The summed E-state index contributed by atoms with van der Waals surface area (Å²) in [5.74, 6) is -0.113. The van der Waals surface area contributed by atoms with Gasteiger partial charge in [0.05, 0.1) is 25.0 Å². The summed E-state index contributed by atoms with van der Waals surface area (Å²) in [5, 5.41) is 12.8. The van der Waals surface area contributed by atoms with Gasteiger partial charge in [0.15, 0.2) is 0 Å². The second kappa shape index (κ2) is 5.37. The molecule has 0 aromatic carbocycles. The van der Waals surface area contributed by atoms with Crippen LogP contribution >= 0.6 is 0 Å². The number of carbonyl (C=O) groups excluding carboxylic acids is 1. The number of hydrogen-bond acceptors (Lipinski definition) is 6. The molecule has 0 amide bonds. The molecule has 0 fully saturated rings. The molecule has 0 unspecified atom stereocenters. The molecule has 0 aliphatic carbocycles. The van der Waals surface area contributed by atoms with Crippen LogP contribution in [-0.2, 0) is 11.3 Å². The summed E-state index contributed by atoms with van der Waals surface area (Å²) in [5.41, 5.74) is 0.947. The summed E-state index contributed by atoms with van der Waals surface area (Å²) in [6.45, 7) is 1.93. The van der Waals surface area contributed by atoms with E-state index in [1.54, 1.807) is 6.92 Å². The third-order valence-electron chi connectivity index (χ3n) is 2.17. The molecule has 94 valence electrons. The van der Waals surface area contributed by atoms with Gasteiger partial charge in [-0.15, -0.1) is 0 Å². The average Bonchev–Trinajstić information content (AvgIpc) is 2.89. The summed E-state index contributed by atoms with van der Waals surface area (Å²) < 4.78 is 6.22. The molecular weight excluding hydrogens is 236 g/mol. The van der Waals surface area contributed by atoms with Gasteiger partial charge in [-0.3, -0.25) is 0 Å². The first-order valence-electron chi connectivity index (χ1n) is 5.38. The zero-order valence-electron chi connectivity index (χ0n) is 9.78.